The number of H-pyrrole nitrogens is 1. The Bertz CT molecular complexity index is 870. The van der Waals surface area contributed by atoms with Gasteiger partial charge >= 0.3 is 0 Å². The molecule has 0 aliphatic rings. The number of ether oxygens (including phenoxy) is 1. The summed E-state index contributed by atoms with van der Waals surface area (Å²) in [6, 6.07) is 13.8. The Morgan fingerprint density at radius 3 is 2.92 bits per heavy atom. The van der Waals surface area contributed by atoms with Crippen molar-refractivity contribution in [2.75, 3.05) is 7.11 Å². The van der Waals surface area contributed by atoms with E-state index < -0.39 is 0 Å². The topological polar surface area (TPSA) is 67.0 Å². The summed E-state index contributed by atoms with van der Waals surface area (Å²) in [5.74, 6) is 0.655. The lowest BCUT2D eigenvalue weighted by Crippen LogP contribution is -2.34. The van der Waals surface area contributed by atoms with Crippen molar-refractivity contribution in [1.29, 1.82) is 0 Å². The van der Waals surface area contributed by atoms with Gasteiger partial charge in [0.05, 0.1) is 12.6 Å². The second-order valence-electron chi connectivity index (χ2n) is 6.05. The van der Waals surface area contributed by atoms with Gasteiger partial charge in [-0.1, -0.05) is 23.8 Å². The summed E-state index contributed by atoms with van der Waals surface area (Å²) in [4.78, 5) is 12.5. The predicted octanol–water partition coefficient (Wildman–Crippen LogP) is 3.24. The van der Waals surface area contributed by atoms with Crippen LogP contribution in [0.5, 0.6) is 5.75 Å². The van der Waals surface area contributed by atoms with Crippen LogP contribution in [-0.2, 0) is 6.42 Å². The maximum Gasteiger partial charge on any atom is 0.272 e. The van der Waals surface area contributed by atoms with Gasteiger partial charge in [0.1, 0.15) is 5.75 Å². The normalized spacial score (nSPS) is 12.1. The van der Waals surface area contributed by atoms with Crippen LogP contribution in [0.15, 0.2) is 42.5 Å². The lowest BCUT2D eigenvalue weighted by molar-refractivity contribution is 0.0936. The molecule has 0 spiro atoms. The quantitative estimate of drug-likeness (QED) is 0.757. The van der Waals surface area contributed by atoms with Crippen molar-refractivity contribution in [2.24, 2.45) is 0 Å². The number of aromatic nitrogens is 2. The highest BCUT2D eigenvalue weighted by Crippen LogP contribution is 2.18. The van der Waals surface area contributed by atoms with Crippen molar-refractivity contribution >= 4 is 16.8 Å². The van der Waals surface area contributed by atoms with Gasteiger partial charge in [-0.05, 0) is 50.1 Å². The largest absolute Gasteiger partial charge is 0.497 e. The number of hydrogen-bond acceptors (Lipinski definition) is 3. The molecule has 0 radical (unpaired) electrons. The molecule has 1 unspecified atom stereocenters. The molecule has 2 aromatic carbocycles. The highest BCUT2D eigenvalue weighted by molar-refractivity contribution is 6.04. The van der Waals surface area contributed by atoms with Gasteiger partial charge < -0.3 is 10.1 Å². The molecule has 1 heterocycles. The molecule has 5 nitrogen and oxygen atoms in total. The molecular formula is C19H21N3O2. The maximum absolute atomic E-state index is 12.5. The van der Waals surface area contributed by atoms with E-state index in [1.54, 1.807) is 7.11 Å². The first-order valence-corrected chi connectivity index (χ1v) is 7.95. The molecule has 124 valence electrons. The third-order valence-electron chi connectivity index (χ3n) is 3.99. The first-order chi connectivity index (χ1) is 11.6. The Balaban J connectivity index is 1.72. The number of nitrogens with zero attached hydrogens (tertiary/aromatic N) is 1. The van der Waals surface area contributed by atoms with Crippen molar-refractivity contribution in [3.8, 4) is 5.75 Å². The minimum Gasteiger partial charge on any atom is -0.497 e. The standard InChI is InChI=1S/C19H21N3O2/c1-12-7-8-17-16(9-12)18(22-21-17)19(23)20-13(2)10-14-5-4-6-15(11-14)24-3/h4-9,11,13H,10H2,1-3H3,(H,20,23)(H,21,22). The van der Waals surface area contributed by atoms with E-state index in [-0.39, 0.29) is 11.9 Å². The third kappa shape index (κ3) is 3.40. The van der Waals surface area contributed by atoms with Gasteiger partial charge in [0.15, 0.2) is 5.69 Å². The van der Waals surface area contributed by atoms with Crippen LogP contribution in [0.1, 0.15) is 28.5 Å². The Morgan fingerprint density at radius 2 is 2.12 bits per heavy atom. The molecule has 1 amide bonds. The van der Waals surface area contributed by atoms with E-state index in [0.29, 0.717) is 5.69 Å². The van der Waals surface area contributed by atoms with Crippen LogP contribution in [0.4, 0.5) is 0 Å². The van der Waals surface area contributed by atoms with Crippen molar-refractivity contribution < 1.29 is 9.53 Å². The lowest BCUT2D eigenvalue weighted by atomic mass is 10.1. The lowest BCUT2D eigenvalue weighted by Gasteiger charge is -2.14. The van der Waals surface area contributed by atoms with E-state index in [1.807, 2.05) is 56.3 Å². The van der Waals surface area contributed by atoms with Gasteiger partial charge in [-0.3, -0.25) is 9.89 Å². The zero-order valence-corrected chi connectivity index (χ0v) is 14.1. The molecule has 1 atom stereocenters. The number of hydrogen-bond donors (Lipinski definition) is 2. The fourth-order valence-corrected chi connectivity index (χ4v) is 2.80. The van der Waals surface area contributed by atoms with Crippen molar-refractivity contribution in [1.82, 2.24) is 15.5 Å². The Hall–Kier alpha value is -2.82. The van der Waals surface area contributed by atoms with Crippen LogP contribution < -0.4 is 10.1 Å². The van der Waals surface area contributed by atoms with Crippen molar-refractivity contribution in [3.63, 3.8) is 0 Å². The van der Waals surface area contributed by atoms with Crippen molar-refractivity contribution in [2.45, 2.75) is 26.3 Å². The van der Waals surface area contributed by atoms with E-state index in [1.165, 1.54) is 0 Å². The summed E-state index contributed by atoms with van der Waals surface area (Å²) in [7, 11) is 1.65. The number of carbonyl (C=O) groups is 1. The van der Waals surface area contributed by atoms with Gasteiger partial charge in [-0.25, -0.2) is 0 Å². The molecular weight excluding hydrogens is 302 g/mol. The predicted molar refractivity (Wildman–Crippen MR) is 94.5 cm³/mol. The molecule has 0 saturated carbocycles. The first-order valence-electron chi connectivity index (χ1n) is 7.95. The smallest absolute Gasteiger partial charge is 0.272 e. The summed E-state index contributed by atoms with van der Waals surface area (Å²) >= 11 is 0. The zero-order valence-electron chi connectivity index (χ0n) is 14.1. The minimum absolute atomic E-state index is 0.0128. The molecule has 0 fully saturated rings. The molecule has 0 bridgehead atoms. The molecule has 5 heteroatoms. The van der Waals surface area contributed by atoms with Crippen LogP contribution in [-0.4, -0.2) is 29.3 Å². The molecule has 0 aliphatic heterocycles. The second kappa shape index (κ2) is 6.74. The van der Waals surface area contributed by atoms with E-state index in [4.69, 9.17) is 4.74 Å². The molecule has 0 saturated heterocycles. The molecule has 3 rings (SSSR count). The SMILES string of the molecule is COc1cccc(CC(C)NC(=O)c2n[nH]c3ccc(C)cc23)c1. The second-order valence-corrected chi connectivity index (χ2v) is 6.05. The summed E-state index contributed by atoms with van der Waals surface area (Å²) in [5.41, 5.74) is 3.52. The minimum atomic E-state index is -0.165. The van der Waals surface area contributed by atoms with E-state index >= 15 is 0 Å². The van der Waals surface area contributed by atoms with Crippen LogP contribution in [0, 0.1) is 6.92 Å². The molecule has 0 aliphatic carbocycles. The highest BCUT2D eigenvalue weighted by atomic mass is 16.5. The third-order valence-corrected chi connectivity index (χ3v) is 3.99. The molecule has 24 heavy (non-hydrogen) atoms. The van der Waals surface area contributed by atoms with Gasteiger partial charge in [0, 0.05) is 11.4 Å². The highest BCUT2D eigenvalue weighted by Gasteiger charge is 2.16. The number of amides is 1. The number of methoxy groups -OCH3 is 1. The van der Waals surface area contributed by atoms with Crippen molar-refractivity contribution in [3.05, 3.63) is 59.3 Å². The molecule has 3 aromatic rings. The number of benzene rings is 2. The van der Waals surface area contributed by atoms with E-state index in [2.05, 4.69) is 15.5 Å². The summed E-state index contributed by atoms with van der Waals surface area (Å²) in [6.07, 6.45) is 0.727. The number of carbonyl (C=O) groups excluding carboxylic acids is 1. The van der Waals surface area contributed by atoms with Crippen LogP contribution in [0.25, 0.3) is 10.9 Å². The number of aryl methyl sites for hydroxylation is 1. The summed E-state index contributed by atoms with van der Waals surface area (Å²) in [5, 5.41) is 10.9. The number of rotatable bonds is 5. The summed E-state index contributed by atoms with van der Waals surface area (Å²) in [6.45, 7) is 3.98. The Kier molecular flexibility index (Phi) is 4.51. The summed E-state index contributed by atoms with van der Waals surface area (Å²) < 4.78 is 5.23. The fourth-order valence-electron chi connectivity index (χ4n) is 2.80. The van der Waals surface area contributed by atoms with E-state index in [0.717, 1.165) is 34.2 Å². The average Bonchev–Trinajstić information content (AvgIpc) is 2.97. The maximum atomic E-state index is 12.5. The number of aromatic amines is 1. The average molecular weight is 323 g/mol. The van der Waals surface area contributed by atoms with Gasteiger partial charge in [0.25, 0.3) is 5.91 Å². The van der Waals surface area contributed by atoms with Gasteiger partial charge in [-0.2, -0.15) is 5.10 Å². The van der Waals surface area contributed by atoms with Crippen LogP contribution in [0.3, 0.4) is 0 Å². The van der Waals surface area contributed by atoms with Crippen LogP contribution >= 0.6 is 0 Å². The molecule has 1 aromatic heterocycles. The number of nitrogens with one attached hydrogen (secondary N) is 2. The first kappa shape index (κ1) is 16.1. The van der Waals surface area contributed by atoms with Gasteiger partial charge in [-0.15, -0.1) is 0 Å². The van der Waals surface area contributed by atoms with Crippen LogP contribution in [0.2, 0.25) is 0 Å². The van der Waals surface area contributed by atoms with E-state index in [9.17, 15) is 4.79 Å². The fraction of sp³-hybridized carbons (Fsp3) is 0.263. The monoisotopic (exact) mass is 323 g/mol. The Labute approximate surface area is 141 Å². The number of fused-ring (bicyclic) bond motifs is 1. The Morgan fingerprint density at radius 1 is 1.29 bits per heavy atom. The molecule has 2 N–H and O–H groups in total. The van der Waals surface area contributed by atoms with Gasteiger partial charge in [0.2, 0.25) is 0 Å². The zero-order chi connectivity index (χ0) is 17.1.